The summed E-state index contributed by atoms with van der Waals surface area (Å²) in [5.41, 5.74) is 3.97. The summed E-state index contributed by atoms with van der Waals surface area (Å²) in [5.74, 6) is -0.993. The van der Waals surface area contributed by atoms with Gasteiger partial charge in [0.2, 0.25) is 5.91 Å². The lowest BCUT2D eigenvalue weighted by Gasteiger charge is -2.30. The molecule has 1 atom stereocenters. The Labute approximate surface area is 206 Å². The lowest BCUT2D eigenvalue weighted by atomic mass is 9.84. The van der Waals surface area contributed by atoms with Crippen molar-refractivity contribution < 1.29 is 24.2 Å². The Kier molecular flexibility index (Phi) is 7.73. The first-order valence-electron chi connectivity index (χ1n) is 12.5. The molecule has 35 heavy (non-hydrogen) atoms. The van der Waals surface area contributed by atoms with Crippen LogP contribution >= 0.6 is 0 Å². The van der Waals surface area contributed by atoms with Gasteiger partial charge in [0, 0.05) is 24.9 Å². The second kappa shape index (κ2) is 10.9. The Morgan fingerprint density at radius 3 is 2.20 bits per heavy atom. The molecule has 0 bridgehead atoms. The van der Waals surface area contributed by atoms with Crippen LogP contribution in [0.3, 0.4) is 0 Å². The van der Waals surface area contributed by atoms with E-state index < -0.39 is 17.5 Å². The average Bonchev–Trinajstić information content (AvgIpc) is 3.48. The third kappa shape index (κ3) is 5.50. The van der Waals surface area contributed by atoms with Crippen molar-refractivity contribution in [3.8, 4) is 11.1 Å². The fraction of sp³-hybridized carbons (Fsp3) is 0.464. The predicted molar refractivity (Wildman–Crippen MR) is 133 cm³/mol. The van der Waals surface area contributed by atoms with Crippen LogP contribution in [0.1, 0.15) is 68.9 Å². The highest BCUT2D eigenvalue weighted by atomic mass is 16.5. The van der Waals surface area contributed by atoms with Crippen LogP contribution in [-0.4, -0.2) is 42.3 Å². The van der Waals surface area contributed by atoms with Crippen LogP contribution < -0.4 is 10.6 Å². The van der Waals surface area contributed by atoms with Crippen LogP contribution in [0.15, 0.2) is 48.5 Å². The Morgan fingerprint density at radius 2 is 1.63 bits per heavy atom. The van der Waals surface area contributed by atoms with E-state index in [1.165, 1.54) is 11.1 Å². The summed E-state index contributed by atoms with van der Waals surface area (Å²) >= 11 is 0. The molecule has 7 nitrogen and oxygen atoms in total. The molecule has 1 fully saturated rings. The molecule has 3 N–H and O–H groups in total. The van der Waals surface area contributed by atoms with Gasteiger partial charge in [0.25, 0.3) is 0 Å². The third-order valence-corrected chi connectivity index (χ3v) is 7.49. The number of amides is 2. The van der Waals surface area contributed by atoms with Gasteiger partial charge >= 0.3 is 12.1 Å². The summed E-state index contributed by atoms with van der Waals surface area (Å²) in [5, 5.41) is 14.8. The van der Waals surface area contributed by atoms with Gasteiger partial charge in [-0.3, -0.25) is 9.59 Å². The highest BCUT2D eigenvalue weighted by Gasteiger charge is 2.42. The van der Waals surface area contributed by atoms with Crippen molar-refractivity contribution in [1.29, 1.82) is 0 Å². The first-order valence-corrected chi connectivity index (χ1v) is 12.5. The number of hydrogen-bond acceptors (Lipinski definition) is 4. The number of carbonyl (C=O) groups excluding carboxylic acids is 2. The van der Waals surface area contributed by atoms with E-state index in [-0.39, 0.29) is 37.4 Å². The highest BCUT2D eigenvalue weighted by molar-refractivity contribution is 5.84. The molecule has 0 aliphatic heterocycles. The molecular weight excluding hydrogens is 444 g/mol. The lowest BCUT2D eigenvalue weighted by molar-refractivity contribution is -0.138. The van der Waals surface area contributed by atoms with Crippen molar-refractivity contribution in [1.82, 2.24) is 10.6 Å². The van der Waals surface area contributed by atoms with Crippen molar-refractivity contribution in [3.63, 3.8) is 0 Å². The number of aliphatic carboxylic acids is 1. The number of carbonyl (C=O) groups is 3. The van der Waals surface area contributed by atoms with E-state index in [1.807, 2.05) is 31.2 Å². The Bertz CT molecular complexity index is 1030. The molecule has 0 aromatic heterocycles. The van der Waals surface area contributed by atoms with Crippen LogP contribution in [0.2, 0.25) is 0 Å². The first kappa shape index (κ1) is 24.8. The van der Waals surface area contributed by atoms with E-state index in [4.69, 9.17) is 9.84 Å². The van der Waals surface area contributed by atoms with E-state index in [2.05, 4.69) is 34.9 Å². The first-order chi connectivity index (χ1) is 16.9. The van der Waals surface area contributed by atoms with Crippen LogP contribution in [0.25, 0.3) is 11.1 Å². The normalized spacial score (nSPS) is 16.7. The molecule has 2 aliphatic rings. The van der Waals surface area contributed by atoms with E-state index >= 15 is 0 Å². The summed E-state index contributed by atoms with van der Waals surface area (Å²) in [6.45, 7) is 2.38. The summed E-state index contributed by atoms with van der Waals surface area (Å²) in [7, 11) is 0. The number of rotatable bonds is 10. The van der Waals surface area contributed by atoms with Gasteiger partial charge in [-0.2, -0.15) is 0 Å². The van der Waals surface area contributed by atoms with E-state index in [1.54, 1.807) is 0 Å². The zero-order chi connectivity index (χ0) is 24.8. The van der Waals surface area contributed by atoms with Gasteiger partial charge in [0.05, 0.1) is 5.41 Å². The van der Waals surface area contributed by atoms with Crippen LogP contribution in [0.5, 0.6) is 0 Å². The number of ether oxygens (including phenoxy) is 1. The quantitative estimate of drug-likeness (QED) is 0.453. The molecule has 2 aromatic carbocycles. The zero-order valence-electron chi connectivity index (χ0n) is 20.2. The maximum atomic E-state index is 13.2. The minimum Gasteiger partial charge on any atom is -0.481 e. The second-order valence-electron chi connectivity index (χ2n) is 9.68. The van der Waals surface area contributed by atoms with Crippen LogP contribution in [-0.2, 0) is 14.3 Å². The minimum absolute atomic E-state index is 0.0172. The Morgan fingerprint density at radius 1 is 1.03 bits per heavy atom. The zero-order valence-corrected chi connectivity index (χ0v) is 20.2. The van der Waals surface area contributed by atoms with E-state index in [0.717, 1.165) is 24.0 Å². The largest absolute Gasteiger partial charge is 0.481 e. The number of benzene rings is 2. The molecule has 4 rings (SSSR count). The number of carboxylic acid groups (broad SMARTS) is 1. The SMILES string of the molecule is CCC(CCC(=O)O)NC(=O)C1(CNC(=O)OCC2c3ccccc3-c3ccccc32)CCCC1. The Hall–Kier alpha value is -3.35. The molecule has 2 aliphatic carbocycles. The summed E-state index contributed by atoms with van der Waals surface area (Å²) in [6.07, 6.45) is 3.78. The lowest BCUT2D eigenvalue weighted by Crippen LogP contribution is -2.50. The standard InChI is InChI=1S/C28H34N2O5/c1-2-19(13-14-25(31)32)30-26(33)28(15-7-8-16-28)18-29-27(34)35-17-24-22-11-5-3-9-20(22)21-10-4-6-12-23(21)24/h3-6,9-12,19,24H,2,7-8,13-18H2,1H3,(H,29,34)(H,30,33)(H,31,32). The molecule has 2 amide bonds. The van der Waals surface area contributed by atoms with Gasteiger partial charge in [0.15, 0.2) is 0 Å². The average molecular weight is 479 g/mol. The van der Waals surface area contributed by atoms with Gasteiger partial charge in [-0.1, -0.05) is 68.3 Å². The number of carboxylic acids is 1. The van der Waals surface area contributed by atoms with E-state index in [0.29, 0.717) is 25.7 Å². The maximum Gasteiger partial charge on any atom is 0.407 e. The smallest absolute Gasteiger partial charge is 0.407 e. The Balaban J connectivity index is 1.35. The molecule has 7 heteroatoms. The molecule has 1 unspecified atom stereocenters. The van der Waals surface area contributed by atoms with Crippen molar-refractivity contribution in [2.45, 2.75) is 63.8 Å². The molecule has 186 valence electrons. The molecule has 1 saturated carbocycles. The van der Waals surface area contributed by atoms with Gasteiger partial charge in [0.1, 0.15) is 6.61 Å². The summed E-state index contributed by atoms with van der Waals surface area (Å²) < 4.78 is 5.64. The molecule has 0 radical (unpaired) electrons. The fourth-order valence-electron chi connectivity index (χ4n) is 5.44. The van der Waals surface area contributed by atoms with Crippen molar-refractivity contribution >= 4 is 18.0 Å². The molecule has 0 saturated heterocycles. The molecule has 0 spiro atoms. The van der Waals surface area contributed by atoms with Crippen molar-refractivity contribution in [3.05, 3.63) is 59.7 Å². The topological polar surface area (TPSA) is 105 Å². The van der Waals surface area contributed by atoms with Gasteiger partial charge < -0.3 is 20.5 Å². The molecular formula is C28H34N2O5. The molecule has 2 aromatic rings. The molecule has 0 heterocycles. The van der Waals surface area contributed by atoms with Gasteiger partial charge in [-0.25, -0.2) is 4.79 Å². The van der Waals surface area contributed by atoms with E-state index in [9.17, 15) is 14.4 Å². The van der Waals surface area contributed by atoms with Crippen molar-refractivity contribution in [2.24, 2.45) is 5.41 Å². The van der Waals surface area contributed by atoms with Crippen LogP contribution in [0.4, 0.5) is 4.79 Å². The number of nitrogens with one attached hydrogen (secondary N) is 2. The summed E-state index contributed by atoms with van der Waals surface area (Å²) in [4.78, 5) is 36.8. The van der Waals surface area contributed by atoms with Gasteiger partial charge in [-0.15, -0.1) is 0 Å². The minimum atomic E-state index is -0.870. The van der Waals surface area contributed by atoms with Crippen molar-refractivity contribution in [2.75, 3.05) is 13.2 Å². The monoisotopic (exact) mass is 478 g/mol. The number of alkyl carbamates (subject to hydrolysis) is 1. The highest BCUT2D eigenvalue weighted by Crippen LogP contribution is 2.44. The van der Waals surface area contributed by atoms with Gasteiger partial charge in [-0.05, 0) is 47.9 Å². The number of fused-ring (bicyclic) bond motifs is 3. The number of hydrogen-bond donors (Lipinski definition) is 3. The summed E-state index contributed by atoms with van der Waals surface area (Å²) in [6, 6.07) is 16.2. The fourth-order valence-corrected chi connectivity index (χ4v) is 5.44. The predicted octanol–water partition coefficient (Wildman–Crippen LogP) is 4.85. The maximum absolute atomic E-state index is 13.2. The second-order valence-corrected chi connectivity index (χ2v) is 9.68. The van der Waals surface area contributed by atoms with Crippen LogP contribution in [0, 0.1) is 5.41 Å². The third-order valence-electron chi connectivity index (χ3n) is 7.49.